The number of halogens is 1. The Hall–Kier alpha value is -3.06. The average Bonchev–Trinajstić information content (AvgIpc) is 2.98. The fourth-order valence-electron chi connectivity index (χ4n) is 2.91. The fraction of sp³-hybridized carbons (Fsp3) is 0.450. The van der Waals surface area contributed by atoms with Gasteiger partial charge in [0.05, 0.1) is 27.9 Å². The maximum atomic E-state index is 14.1. The highest BCUT2D eigenvalue weighted by Gasteiger charge is 2.45. The molecule has 1 N–H and O–H groups in total. The average molecular weight is 437 g/mol. The van der Waals surface area contributed by atoms with Gasteiger partial charge in [-0.25, -0.2) is 14.0 Å². The summed E-state index contributed by atoms with van der Waals surface area (Å²) in [5.41, 5.74) is 1.89. The predicted octanol–water partition coefficient (Wildman–Crippen LogP) is 1.94. The topological polar surface area (TPSA) is 94.2 Å². The minimum atomic E-state index is -1.97. The summed E-state index contributed by atoms with van der Waals surface area (Å²) in [5, 5.41) is 2.43. The van der Waals surface area contributed by atoms with Gasteiger partial charge in [-0.3, -0.25) is 10.1 Å². The number of nitrogens with one attached hydrogen (secondary N) is 1. The standard InChI is InChI=1S/C20H25FN2O6Si/c1-27-16-10-14-13(9-15(16)21)11-23(17(14)24)12-20(18(25)28-2,22-19(26)29-3)7-8-30(4,5)6/h9-10H,11-12H2,1-6H3,(H,22,26)/t20-/m1/s1. The van der Waals surface area contributed by atoms with Crippen molar-refractivity contribution in [1.29, 1.82) is 0 Å². The van der Waals surface area contributed by atoms with E-state index < -0.39 is 37.4 Å². The molecule has 0 saturated heterocycles. The van der Waals surface area contributed by atoms with E-state index in [0.29, 0.717) is 5.56 Å². The van der Waals surface area contributed by atoms with E-state index in [4.69, 9.17) is 9.47 Å². The third kappa shape index (κ3) is 4.91. The van der Waals surface area contributed by atoms with Gasteiger partial charge < -0.3 is 19.1 Å². The lowest BCUT2D eigenvalue weighted by atomic mass is 10.00. The molecular weight excluding hydrogens is 411 g/mol. The molecule has 8 nitrogen and oxygen atoms in total. The molecule has 1 aromatic carbocycles. The summed E-state index contributed by atoms with van der Waals surface area (Å²) in [6, 6.07) is 2.53. The highest BCUT2D eigenvalue weighted by atomic mass is 28.3. The molecule has 2 rings (SSSR count). The second-order valence-electron chi connectivity index (χ2n) is 7.82. The van der Waals surface area contributed by atoms with Gasteiger partial charge in [-0.1, -0.05) is 25.6 Å². The van der Waals surface area contributed by atoms with Gasteiger partial charge in [0.1, 0.15) is 8.07 Å². The molecule has 1 aliphatic rings. The molecule has 162 valence electrons. The number of amides is 2. The van der Waals surface area contributed by atoms with Crippen LogP contribution in [0.2, 0.25) is 19.6 Å². The Balaban J connectivity index is 2.49. The van der Waals surface area contributed by atoms with Crippen LogP contribution in [0.1, 0.15) is 15.9 Å². The van der Waals surface area contributed by atoms with Gasteiger partial charge in [-0.05, 0) is 17.7 Å². The smallest absolute Gasteiger partial charge is 0.408 e. The maximum absolute atomic E-state index is 14.1. The van der Waals surface area contributed by atoms with Gasteiger partial charge >= 0.3 is 12.1 Å². The Bertz CT molecular complexity index is 934. The van der Waals surface area contributed by atoms with E-state index in [1.807, 2.05) is 19.6 Å². The minimum absolute atomic E-state index is 0.0330. The molecule has 1 aliphatic heterocycles. The lowest BCUT2D eigenvalue weighted by molar-refractivity contribution is -0.146. The van der Waals surface area contributed by atoms with E-state index in [-0.39, 0.29) is 24.4 Å². The highest BCUT2D eigenvalue weighted by Crippen LogP contribution is 2.30. The molecule has 0 fully saturated rings. The van der Waals surface area contributed by atoms with E-state index in [2.05, 4.69) is 21.5 Å². The number of carbonyl (C=O) groups excluding carboxylic acids is 3. The van der Waals surface area contributed by atoms with Crippen LogP contribution in [-0.2, 0) is 20.8 Å². The van der Waals surface area contributed by atoms with Crippen molar-refractivity contribution in [2.45, 2.75) is 31.7 Å². The van der Waals surface area contributed by atoms with E-state index >= 15 is 0 Å². The van der Waals surface area contributed by atoms with Crippen LogP contribution in [-0.4, -0.2) is 64.4 Å². The molecule has 0 aromatic heterocycles. The van der Waals surface area contributed by atoms with E-state index in [9.17, 15) is 18.8 Å². The van der Waals surface area contributed by atoms with Crippen molar-refractivity contribution in [2.75, 3.05) is 27.9 Å². The third-order valence-electron chi connectivity index (χ3n) is 4.37. The zero-order chi connectivity index (χ0) is 22.7. The zero-order valence-electron chi connectivity index (χ0n) is 17.8. The Kier molecular flexibility index (Phi) is 6.77. The Morgan fingerprint density at radius 2 is 1.90 bits per heavy atom. The molecule has 10 heteroatoms. The summed E-state index contributed by atoms with van der Waals surface area (Å²) in [4.78, 5) is 39.0. The molecule has 30 heavy (non-hydrogen) atoms. The van der Waals surface area contributed by atoms with Crippen LogP contribution in [0.5, 0.6) is 5.75 Å². The lowest BCUT2D eigenvalue weighted by Crippen LogP contribution is -2.60. The first kappa shape index (κ1) is 23.2. The minimum Gasteiger partial charge on any atom is -0.494 e. The molecule has 0 saturated carbocycles. The molecule has 0 radical (unpaired) electrons. The van der Waals surface area contributed by atoms with Crippen molar-refractivity contribution < 1.29 is 33.0 Å². The van der Waals surface area contributed by atoms with Crippen molar-refractivity contribution in [1.82, 2.24) is 10.2 Å². The van der Waals surface area contributed by atoms with Crippen molar-refractivity contribution >= 4 is 26.0 Å². The number of hydrogen-bond donors (Lipinski definition) is 1. The predicted molar refractivity (Wildman–Crippen MR) is 109 cm³/mol. The van der Waals surface area contributed by atoms with Crippen LogP contribution in [0.4, 0.5) is 9.18 Å². The first-order valence-corrected chi connectivity index (χ1v) is 12.6. The van der Waals surface area contributed by atoms with E-state index in [1.54, 1.807) is 0 Å². The van der Waals surface area contributed by atoms with Crippen LogP contribution in [0, 0.1) is 17.3 Å². The summed E-state index contributed by atoms with van der Waals surface area (Å²) < 4.78 is 28.6. The molecule has 0 aliphatic carbocycles. The molecule has 1 atom stereocenters. The Morgan fingerprint density at radius 1 is 1.23 bits per heavy atom. The monoisotopic (exact) mass is 436 g/mol. The number of esters is 1. The van der Waals surface area contributed by atoms with Gasteiger partial charge in [-0.15, -0.1) is 5.54 Å². The van der Waals surface area contributed by atoms with Crippen LogP contribution >= 0.6 is 0 Å². The molecule has 2 amide bonds. The number of alkyl carbamates (subject to hydrolysis) is 1. The molecule has 1 heterocycles. The van der Waals surface area contributed by atoms with Gasteiger partial charge in [-0.2, -0.15) is 0 Å². The molecule has 0 unspecified atom stereocenters. The Morgan fingerprint density at radius 3 is 2.43 bits per heavy atom. The number of fused-ring (bicyclic) bond motifs is 1. The van der Waals surface area contributed by atoms with Gasteiger partial charge in [0.15, 0.2) is 11.6 Å². The first-order chi connectivity index (χ1) is 14.0. The lowest BCUT2D eigenvalue weighted by Gasteiger charge is -2.31. The number of ether oxygens (including phenoxy) is 3. The van der Waals surface area contributed by atoms with Gasteiger partial charge in [0.25, 0.3) is 5.91 Å². The van der Waals surface area contributed by atoms with Crippen LogP contribution in [0.15, 0.2) is 12.1 Å². The number of nitrogens with zero attached hydrogens (tertiary/aromatic N) is 1. The first-order valence-electron chi connectivity index (χ1n) is 9.11. The molecule has 0 spiro atoms. The fourth-order valence-corrected chi connectivity index (χ4v) is 3.50. The maximum Gasteiger partial charge on any atom is 0.408 e. The molecule has 0 bridgehead atoms. The summed E-state index contributed by atoms with van der Waals surface area (Å²) in [5.74, 6) is 0.881. The summed E-state index contributed by atoms with van der Waals surface area (Å²) in [6.45, 7) is 5.62. The normalized spacial score (nSPS) is 14.8. The van der Waals surface area contributed by atoms with Crippen molar-refractivity contribution in [3.05, 3.63) is 29.1 Å². The third-order valence-corrected chi connectivity index (χ3v) is 5.25. The van der Waals surface area contributed by atoms with Crippen molar-refractivity contribution in [2.24, 2.45) is 0 Å². The van der Waals surface area contributed by atoms with Gasteiger partial charge in [0.2, 0.25) is 5.54 Å². The summed E-state index contributed by atoms with van der Waals surface area (Å²) in [6.07, 6.45) is -0.901. The second-order valence-corrected chi connectivity index (χ2v) is 12.6. The second kappa shape index (κ2) is 8.75. The zero-order valence-corrected chi connectivity index (χ0v) is 18.8. The summed E-state index contributed by atoms with van der Waals surface area (Å²) in [7, 11) is 1.64. The van der Waals surface area contributed by atoms with Crippen LogP contribution < -0.4 is 10.1 Å². The number of hydrogen-bond acceptors (Lipinski definition) is 6. The Labute approximate surface area is 175 Å². The van der Waals surface area contributed by atoms with Gasteiger partial charge in [0, 0.05) is 12.1 Å². The number of rotatable bonds is 5. The van der Waals surface area contributed by atoms with Crippen molar-refractivity contribution in [3.8, 4) is 17.2 Å². The van der Waals surface area contributed by atoms with Crippen LogP contribution in [0.3, 0.4) is 0 Å². The molecule has 1 aromatic rings. The van der Waals surface area contributed by atoms with E-state index in [1.165, 1.54) is 24.1 Å². The number of benzene rings is 1. The quantitative estimate of drug-likeness (QED) is 0.431. The largest absolute Gasteiger partial charge is 0.494 e. The molecular formula is C20H25FN2O6Si. The SMILES string of the molecule is COC(=O)N[C@](C#C[Si](C)(C)C)(CN1Cc2cc(F)c(OC)cc2C1=O)C(=O)OC. The van der Waals surface area contributed by atoms with Crippen LogP contribution in [0.25, 0.3) is 0 Å². The summed E-state index contributed by atoms with van der Waals surface area (Å²) >= 11 is 0. The highest BCUT2D eigenvalue weighted by molar-refractivity contribution is 6.83. The number of carbonyl (C=O) groups is 3. The van der Waals surface area contributed by atoms with E-state index in [0.717, 1.165) is 14.2 Å². The van der Waals surface area contributed by atoms with Crippen molar-refractivity contribution in [3.63, 3.8) is 0 Å². The number of methoxy groups -OCH3 is 3.